The molecule has 21 heavy (non-hydrogen) atoms. The molecule has 2 rings (SSSR count). The van der Waals surface area contributed by atoms with E-state index in [1.807, 2.05) is 22.9 Å². The summed E-state index contributed by atoms with van der Waals surface area (Å²) in [5.41, 5.74) is 1.54. The second-order valence-electron chi connectivity index (χ2n) is 5.95. The van der Waals surface area contributed by atoms with Crippen LogP contribution in [0.4, 0.5) is 5.82 Å². The number of hydrogen-bond acceptors (Lipinski definition) is 3. The number of methoxy groups -OCH3 is 1. The van der Waals surface area contributed by atoms with E-state index >= 15 is 0 Å². The van der Waals surface area contributed by atoms with Gasteiger partial charge in [-0.3, -0.25) is 9.89 Å². The summed E-state index contributed by atoms with van der Waals surface area (Å²) < 4.78 is 6.90. The summed E-state index contributed by atoms with van der Waals surface area (Å²) in [6.45, 7) is 7.46. The number of nitrogens with zero attached hydrogens (tertiary/aromatic N) is 2. The van der Waals surface area contributed by atoms with E-state index < -0.39 is 0 Å². The smallest absolute Gasteiger partial charge is 0.273 e. The number of amides is 1. The maximum Gasteiger partial charge on any atom is 0.273 e. The third-order valence-electron chi connectivity index (χ3n) is 3.23. The van der Waals surface area contributed by atoms with Crippen molar-refractivity contribution in [2.24, 2.45) is 0 Å². The molecule has 6 heteroatoms. The van der Waals surface area contributed by atoms with Crippen LogP contribution in [0, 0.1) is 0 Å². The van der Waals surface area contributed by atoms with Crippen LogP contribution in [0.15, 0.2) is 24.4 Å². The SMILES string of the molecule is COCCn1cccc1C(=O)Nc1cc(C(C)(C)C)[nH]n1. The second-order valence-corrected chi connectivity index (χ2v) is 5.95. The lowest BCUT2D eigenvalue weighted by Crippen LogP contribution is -2.18. The maximum atomic E-state index is 12.3. The number of carbonyl (C=O) groups is 1. The van der Waals surface area contributed by atoms with Crippen LogP contribution in [-0.2, 0) is 16.7 Å². The monoisotopic (exact) mass is 290 g/mol. The lowest BCUT2D eigenvalue weighted by Gasteiger charge is -2.14. The summed E-state index contributed by atoms with van der Waals surface area (Å²) in [7, 11) is 1.64. The highest BCUT2D eigenvalue weighted by atomic mass is 16.5. The van der Waals surface area contributed by atoms with E-state index in [9.17, 15) is 4.79 Å². The molecule has 0 atom stereocenters. The van der Waals surface area contributed by atoms with Crippen molar-refractivity contribution in [3.63, 3.8) is 0 Å². The number of aromatic nitrogens is 3. The van der Waals surface area contributed by atoms with Crippen LogP contribution < -0.4 is 5.32 Å². The summed E-state index contributed by atoms with van der Waals surface area (Å²) in [5.74, 6) is 0.354. The predicted octanol–water partition coefficient (Wildman–Crippen LogP) is 2.41. The van der Waals surface area contributed by atoms with E-state index in [0.29, 0.717) is 24.7 Å². The molecule has 0 aliphatic rings. The lowest BCUT2D eigenvalue weighted by molar-refractivity contribution is 0.101. The first-order chi connectivity index (χ1) is 9.91. The zero-order valence-corrected chi connectivity index (χ0v) is 12.9. The van der Waals surface area contributed by atoms with Crippen molar-refractivity contribution in [1.82, 2.24) is 14.8 Å². The third kappa shape index (κ3) is 3.72. The molecule has 0 aromatic carbocycles. The Bertz CT molecular complexity index is 607. The maximum absolute atomic E-state index is 12.3. The van der Waals surface area contributed by atoms with Gasteiger partial charge in [-0.25, -0.2) is 0 Å². The fourth-order valence-corrected chi connectivity index (χ4v) is 1.96. The van der Waals surface area contributed by atoms with Crippen LogP contribution in [-0.4, -0.2) is 34.4 Å². The summed E-state index contributed by atoms with van der Waals surface area (Å²) in [6.07, 6.45) is 1.86. The van der Waals surface area contributed by atoms with Crippen molar-refractivity contribution in [1.29, 1.82) is 0 Å². The average Bonchev–Trinajstić information content (AvgIpc) is 3.03. The van der Waals surface area contributed by atoms with Crippen molar-refractivity contribution in [3.05, 3.63) is 35.8 Å². The minimum Gasteiger partial charge on any atom is -0.383 e. The van der Waals surface area contributed by atoms with Crippen molar-refractivity contribution in [2.45, 2.75) is 32.7 Å². The molecule has 0 spiro atoms. The Kier molecular flexibility index (Phi) is 4.47. The molecule has 0 saturated carbocycles. The number of rotatable bonds is 5. The van der Waals surface area contributed by atoms with Gasteiger partial charge in [-0.1, -0.05) is 20.8 Å². The molecule has 2 aromatic heterocycles. The van der Waals surface area contributed by atoms with Gasteiger partial charge >= 0.3 is 0 Å². The molecule has 0 saturated heterocycles. The largest absolute Gasteiger partial charge is 0.383 e. The first-order valence-electron chi connectivity index (χ1n) is 6.93. The van der Waals surface area contributed by atoms with E-state index in [1.54, 1.807) is 13.2 Å². The summed E-state index contributed by atoms with van der Waals surface area (Å²) in [4.78, 5) is 12.3. The Morgan fingerprint density at radius 2 is 2.24 bits per heavy atom. The van der Waals surface area contributed by atoms with Gasteiger partial charge in [0, 0.05) is 37.0 Å². The van der Waals surface area contributed by atoms with Crippen LogP contribution >= 0.6 is 0 Å². The van der Waals surface area contributed by atoms with E-state index in [0.717, 1.165) is 5.69 Å². The molecular weight excluding hydrogens is 268 g/mol. The molecule has 6 nitrogen and oxygen atoms in total. The van der Waals surface area contributed by atoms with Gasteiger partial charge in [-0.2, -0.15) is 5.10 Å². The zero-order valence-electron chi connectivity index (χ0n) is 12.9. The first-order valence-corrected chi connectivity index (χ1v) is 6.93. The van der Waals surface area contributed by atoms with Crippen LogP contribution in [0.3, 0.4) is 0 Å². The van der Waals surface area contributed by atoms with E-state index in [1.165, 1.54) is 0 Å². The van der Waals surface area contributed by atoms with Crippen LogP contribution in [0.2, 0.25) is 0 Å². The molecule has 0 radical (unpaired) electrons. The molecule has 0 aliphatic carbocycles. The van der Waals surface area contributed by atoms with Gasteiger partial charge in [-0.15, -0.1) is 0 Å². The van der Waals surface area contributed by atoms with E-state index in [4.69, 9.17) is 4.74 Å². The van der Waals surface area contributed by atoms with Gasteiger partial charge in [0.05, 0.1) is 6.61 Å². The van der Waals surface area contributed by atoms with Crippen LogP contribution in [0.1, 0.15) is 37.0 Å². The average molecular weight is 290 g/mol. The van der Waals surface area contributed by atoms with Gasteiger partial charge in [0.15, 0.2) is 5.82 Å². The van der Waals surface area contributed by atoms with Gasteiger partial charge in [0.25, 0.3) is 5.91 Å². The van der Waals surface area contributed by atoms with Gasteiger partial charge in [0.2, 0.25) is 0 Å². The molecule has 0 aliphatic heterocycles. The van der Waals surface area contributed by atoms with Gasteiger partial charge in [-0.05, 0) is 12.1 Å². The van der Waals surface area contributed by atoms with Crippen molar-refractivity contribution >= 4 is 11.7 Å². The van der Waals surface area contributed by atoms with Crippen LogP contribution in [0.5, 0.6) is 0 Å². The Labute approximate surface area is 124 Å². The van der Waals surface area contributed by atoms with E-state index in [-0.39, 0.29) is 11.3 Å². The molecule has 2 heterocycles. The fraction of sp³-hybridized carbons (Fsp3) is 0.467. The molecule has 114 valence electrons. The van der Waals surface area contributed by atoms with Gasteiger partial charge in [0.1, 0.15) is 5.69 Å². The Morgan fingerprint density at radius 3 is 2.86 bits per heavy atom. The third-order valence-corrected chi connectivity index (χ3v) is 3.23. The molecule has 0 fully saturated rings. The minimum absolute atomic E-state index is 0.0331. The Balaban J connectivity index is 2.08. The normalized spacial score (nSPS) is 11.6. The first kappa shape index (κ1) is 15.3. The standard InChI is InChI=1S/C15H22N4O2/c1-15(2,3)12-10-13(18-17-12)16-14(20)11-6-5-7-19(11)8-9-21-4/h5-7,10H,8-9H2,1-4H3,(H2,16,17,18,20). The molecule has 0 bridgehead atoms. The number of ether oxygens (including phenoxy) is 1. The number of anilines is 1. The Hall–Kier alpha value is -2.08. The van der Waals surface area contributed by atoms with Crippen molar-refractivity contribution in [3.8, 4) is 0 Å². The van der Waals surface area contributed by atoms with Gasteiger partial charge < -0.3 is 14.6 Å². The zero-order chi connectivity index (χ0) is 15.5. The molecule has 2 aromatic rings. The lowest BCUT2D eigenvalue weighted by atomic mass is 9.92. The quantitative estimate of drug-likeness (QED) is 0.888. The number of carbonyl (C=O) groups excluding carboxylic acids is 1. The van der Waals surface area contributed by atoms with Crippen LogP contribution in [0.25, 0.3) is 0 Å². The summed E-state index contributed by atoms with van der Waals surface area (Å²) in [6, 6.07) is 5.48. The van der Waals surface area contributed by atoms with E-state index in [2.05, 4.69) is 36.3 Å². The number of H-pyrrole nitrogens is 1. The summed E-state index contributed by atoms with van der Waals surface area (Å²) >= 11 is 0. The molecular formula is C15H22N4O2. The molecule has 2 N–H and O–H groups in total. The number of nitrogens with one attached hydrogen (secondary N) is 2. The minimum atomic E-state index is -0.178. The predicted molar refractivity (Wildman–Crippen MR) is 81.5 cm³/mol. The highest BCUT2D eigenvalue weighted by Crippen LogP contribution is 2.22. The highest BCUT2D eigenvalue weighted by Gasteiger charge is 2.18. The number of aromatic amines is 1. The second kappa shape index (κ2) is 6.13. The topological polar surface area (TPSA) is 71.9 Å². The van der Waals surface area contributed by atoms with Crippen molar-refractivity contribution in [2.75, 3.05) is 19.0 Å². The van der Waals surface area contributed by atoms with Crippen molar-refractivity contribution < 1.29 is 9.53 Å². The molecule has 0 unspecified atom stereocenters. The fourth-order valence-electron chi connectivity index (χ4n) is 1.96. The number of hydrogen-bond donors (Lipinski definition) is 2. The molecule has 1 amide bonds. The Morgan fingerprint density at radius 1 is 1.48 bits per heavy atom. The highest BCUT2D eigenvalue weighted by molar-refractivity contribution is 6.02. The summed E-state index contributed by atoms with van der Waals surface area (Å²) in [5, 5.41) is 9.90.